The van der Waals surface area contributed by atoms with E-state index in [9.17, 15) is 4.39 Å². The molecule has 0 radical (unpaired) electrons. The fourth-order valence-electron chi connectivity index (χ4n) is 2.59. The average molecular weight is 237 g/mol. The molecule has 1 aromatic heterocycles. The molecule has 2 rings (SSSR count). The number of likely N-dealkylation sites (N-methyl/N-ethyl adjacent to an activating group) is 1. The molecule has 1 fully saturated rings. The zero-order valence-electron chi connectivity index (χ0n) is 10.5. The van der Waals surface area contributed by atoms with Crippen molar-refractivity contribution < 1.29 is 4.39 Å². The minimum Gasteiger partial charge on any atom is -0.383 e. The Morgan fingerprint density at radius 2 is 2.12 bits per heavy atom. The van der Waals surface area contributed by atoms with E-state index in [1.807, 2.05) is 0 Å². The topological polar surface area (TPSA) is 28.2 Å². The van der Waals surface area contributed by atoms with Crippen LogP contribution in [0.5, 0.6) is 0 Å². The zero-order valence-corrected chi connectivity index (χ0v) is 10.5. The molecule has 0 unspecified atom stereocenters. The molecule has 1 N–H and O–H groups in total. The molecule has 1 saturated carbocycles. The summed E-state index contributed by atoms with van der Waals surface area (Å²) in [7, 11) is 4.25. The Kier molecular flexibility index (Phi) is 3.62. The van der Waals surface area contributed by atoms with Gasteiger partial charge in [0.25, 0.3) is 0 Å². The fraction of sp³-hybridized carbons (Fsp3) is 0.615. The summed E-state index contributed by atoms with van der Waals surface area (Å²) in [5, 5.41) is 3.33. The van der Waals surface area contributed by atoms with Crippen molar-refractivity contribution in [2.45, 2.75) is 31.2 Å². The first kappa shape index (κ1) is 12.3. The van der Waals surface area contributed by atoms with Crippen LogP contribution in [0.1, 0.15) is 25.7 Å². The number of halogens is 1. The van der Waals surface area contributed by atoms with Gasteiger partial charge in [0.1, 0.15) is 0 Å². The maximum atomic E-state index is 13.0. The van der Waals surface area contributed by atoms with Crippen molar-refractivity contribution in [3.8, 4) is 0 Å². The van der Waals surface area contributed by atoms with Gasteiger partial charge >= 0.3 is 0 Å². The van der Waals surface area contributed by atoms with Crippen LogP contribution in [0.15, 0.2) is 18.3 Å². The van der Waals surface area contributed by atoms with Gasteiger partial charge < -0.3 is 10.2 Å². The van der Waals surface area contributed by atoms with E-state index in [0.717, 1.165) is 12.2 Å². The van der Waals surface area contributed by atoms with Gasteiger partial charge in [-0.3, -0.25) is 0 Å². The smallest absolute Gasteiger partial charge is 0.214 e. The number of anilines is 1. The third-order valence-electron chi connectivity index (χ3n) is 3.83. The molecule has 0 aromatic carbocycles. The molecule has 0 atom stereocenters. The van der Waals surface area contributed by atoms with Crippen LogP contribution in [0.3, 0.4) is 0 Å². The van der Waals surface area contributed by atoms with Gasteiger partial charge in [0.2, 0.25) is 5.95 Å². The third kappa shape index (κ3) is 2.75. The van der Waals surface area contributed by atoms with Crippen LogP contribution in [0, 0.1) is 5.95 Å². The Hall–Kier alpha value is -1.16. The lowest BCUT2D eigenvalue weighted by molar-refractivity contribution is 0.172. The van der Waals surface area contributed by atoms with E-state index in [0.29, 0.717) is 0 Å². The second-order valence-electron chi connectivity index (χ2n) is 5.05. The Morgan fingerprint density at radius 1 is 1.41 bits per heavy atom. The molecular weight excluding hydrogens is 217 g/mol. The number of rotatable bonds is 4. The van der Waals surface area contributed by atoms with Gasteiger partial charge in [0.05, 0.1) is 0 Å². The predicted octanol–water partition coefficient (Wildman–Crippen LogP) is 2.51. The van der Waals surface area contributed by atoms with E-state index in [2.05, 4.69) is 29.3 Å². The van der Waals surface area contributed by atoms with Gasteiger partial charge in [-0.2, -0.15) is 4.39 Å². The number of hydrogen-bond donors (Lipinski definition) is 1. The van der Waals surface area contributed by atoms with Gasteiger partial charge in [0, 0.05) is 30.0 Å². The molecule has 0 amide bonds. The minimum atomic E-state index is -0.430. The summed E-state index contributed by atoms with van der Waals surface area (Å²) >= 11 is 0. The van der Waals surface area contributed by atoms with Crippen molar-refractivity contribution in [3.63, 3.8) is 0 Å². The first-order chi connectivity index (χ1) is 8.12. The fourth-order valence-corrected chi connectivity index (χ4v) is 2.59. The summed E-state index contributed by atoms with van der Waals surface area (Å²) < 4.78 is 13.0. The van der Waals surface area contributed by atoms with Crippen molar-refractivity contribution in [2.24, 2.45) is 0 Å². The summed E-state index contributed by atoms with van der Waals surface area (Å²) in [6.07, 6.45) is 6.48. The molecule has 1 aliphatic carbocycles. The minimum absolute atomic E-state index is 0.222. The Morgan fingerprint density at radius 3 is 2.71 bits per heavy atom. The average Bonchev–Trinajstić information content (AvgIpc) is 2.76. The number of pyridine rings is 1. The highest BCUT2D eigenvalue weighted by atomic mass is 19.1. The van der Waals surface area contributed by atoms with Crippen LogP contribution in [0.2, 0.25) is 0 Å². The normalized spacial score (nSPS) is 18.6. The molecule has 0 bridgehead atoms. The van der Waals surface area contributed by atoms with Crippen molar-refractivity contribution in [1.82, 2.24) is 9.88 Å². The van der Waals surface area contributed by atoms with Crippen molar-refractivity contribution >= 4 is 5.69 Å². The van der Waals surface area contributed by atoms with Gasteiger partial charge in [-0.25, -0.2) is 4.98 Å². The van der Waals surface area contributed by atoms with Crippen LogP contribution in [0.4, 0.5) is 10.1 Å². The van der Waals surface area contributed by atoms with Gasteiger partial charge in [0.15, 0.2) is 0 Å². The molecule has 0 saturated heterocycles. The van der Waals surface area contributed by atoms with Gasteiger partial charge in [-0.1, -0.05) is 12.8 Å². The number of aromatic nitrogens is 1. The van der Waals surface area contributed by atoms with Gasteiger partial charge in [-0.15, -0.1) is 0 Å². The molecule has 17 heavy (non-hydrogen) atoms. The standard InChI is InChI=1S/C13H20FN3/c1-17(2)13(6-3-4-7-13)10-16-11-5-8-15-12(14)9-11/h5,8-9H,3-4,6-7,10H2,1-2H3,(H,15,16). The molecule has 1 heterocycles. The molecule has 0 aliphatic heterocycles. The first-order valence-electron chi connectivity index (χ1n) is 6.15. The summed E-state index contributed by atoms with van der Waals surface area (Å²) in [6, 6.07) is 3.25. The molecule has 0 spiro atoms. The summed E-state index contributed by atoms with van der Waals surface area (Å²) in [5.74, 6) is -0.430. The molecule has 1 aliphatic rings. The van der Waals surface area contributed by atoms with E-state index >= 15 is 0 Å². The SMILES string of the molecule is CN(C)C1(CNc2ccnc(F)c2)CCCC1. The first-order valence-corrected chi connectivity index (χ1v) is 6.15. The number of nitrogens with one attached hydrogen (secondary N) is 1. The van der Waals surface area contributed by atoms with Crippen LogP contribution in [0.25, 0.3) is 0 Å². The molecule has 94 valence electrons. The molecular formula is C13H20FN3. The molecule has 4 heteroatoms. The second-order valence-corrected chi connectivity index (χ2v) is 5.05. The highest BCUT2D eigenvalue weighted by molar-refractivity contribution is 5.41. The van der Waals surface area contributed by atoms with Crippen molar-refractivity contribution in [1.29, 1.82) is 0 Å². The molecule has 1 aromatic rings. The van der Waals surface area contributed by atoms with Crippen molar-refractivity contribution in [2.75, 3.05) is 26.0 Å². The highest BCUT2D eigenvalue weighted by Gasteiger charge is 2.35. The second kappa shape index (κ2) is 5.00. The van der Waals surface area contributed by atoms with Gasteiger partial charge in [-0.05, 0) is 33.0 Å². The lowest BCUT2D eigenvalue weighted by Gasteiger charge is -2.36. The number of nitrogens with zero attached hydrogens (tertiary/aromatic N) is 2. The van der Waals surface area contributed by atoms with Crippen LogP contribution in [-0.2, 0) is 0 Å². The summed E-state index contributed by atoms with van der Waals surface area (Å²) in [6.45, 7) is 0.865. The Balaban J connectivity index is 2.01. The predicted molar refractivity (Wildman–Crippen MR) is 67.6 cm³/mol. The zero-order chi connectivity index (χ0) is 12.3. The van der Waals surface area contributed by atoms with Crippen LogP contribution in [-0.4, -0.2) is 36.1 Å². The van der Waals surface area contributed by atoms with Crippen LogP contribution < -0.4 is 5.32 Å². The Bertz CT molecular complexity index is 373. The van der Waals surface area contributed by atoms with E-state index in [1.54, 1.807) is 6.07 Å². The largest absolute Gasteiger partial charge is 0.383 e. The van der Waals surface area contributed by atoms with Crippen LogP contribution >= 0.6 is 0 Å². The van der Waals surface area contributed by atoms with Crippen molar-refractivity contribution in [3.05, 3.63) is 24.3 Å². The summed E-state index contributed by atoms with van der Waals surface area (Å²) in [5.41, 5.74) is 1.03. The maximum absolute atomic E-state index is 13.0. The number of hydrogen-bond acceptors (Lipinski definition) is 3. The summed E-state index contributed by atoms with van der Waals surface area (Å²) in [4.78, 5) is 5.85. The lowest BCUT2D eigenvalue weighted by atomic mass is 9.96. The quantitative estimate of drug-likeness (QED) is 0.816. The van der Waals surface area contributed by atoms with E-state index in [1.165, 1.54) is 37.9 Å². The van der Waals surface area contributed by atoms with E-state index < -0.39 is 5.95 Å². The van der Waals surface area contributed by atoms with E-state index in [-0.39, 0.29) is 5.54 Å². The lowest BCUT2D eigenvalue weighted by Crippen LogP contribution is -2.47. The molecule has 3 nitrogen and oxygen atoms in total. The maximum Gasteiger partial charge on any atom is 0.214 e. The monoisotopic (exact) mass is 237 g/mol. The Labute approximate surface area is 102 Å². The third-order valence-corrected chi connectivity index (χ3v) is 3.83. The van der Waals surface area contributed by atoms with E-state index in [4.69, 9.17) is 0 Å². The highest BCUT2D eigenvalue weighted by Crippen LogP contribution is 2.33.